The molecule has 1 aliphatic rings. The molecule has 1 aromatic rings. The number of aliphatic hydroxyl groups excluding tert-OH is 1. The second-order valence-corrected chi connectivity index (χ2v) is 6.95. The molecule has 4 N–H and O–H groups in total. The van der Waals surface area contributed by atoms with Crippen molar-refractivity contribution < 1.29 is 14.4 Å². The zero-order chi connectivity index (χ0) is 17.3. The van der Waals surface area contributed by atoms with Crippen LogP contribution in [0.25, 0.3) is 6.08 Å². The van der Waals surface area contributed by atoms with Crippen LogP contribution < -0.4 is 11.1 Å². The zero-order valence-electron chi connectivity index (χ0n) is 14.6. The molecule has 0 aromatic heterocycles. The molecule has 0 amide bonds. The Balaban J connectivity index is 2.32. The third-order valence-electron chi connectivity index (χ3n) is 4.63. The molecule has 126 valence electrons. The minimum Gasteiger partial charge on any atom is -0.400 e. The van der Waals surface area contributed by atoms with Crippen LogP contribution in [0, 0.1) is 0 Å². The first kappa shape index (κ1) is 18.0. The SMILES string of the molecule is CNCC(=Cc1ccc(N)c(CO)c1)B1OC(C)(C)C(C)(C)O1. The van der Waals surface area contributed by atoms with Gasteiger partial charge in [-0.05, 0) is 57.9 Å². The number of aliphatic hydroxyl groups is 1. The molecule has 23 heavy (non-hydrogen) atoms. The van der Waals surface area contributed by atoms with Crippen molar-refractivity contribution in [2.45, 2.75) is 45.5 Å². The lowest BCUT2D eigenvalue weighted by Crippen LogP contribution is -2.41. The molecular formula is C17H27BN2O3. The van der Waals surface area contributed by atoms with Crippen molar-refractivity contribution in [1.29, 1.82) is 0 Å². The molecule has 0 aliphatic carbocycles. The lowest BCUT2D eigenvalue weighted by Gasteiger charge is -2.32. The second kappa shape index (κ2) is 6.65. The van der Waals surface area contributed by atoms with Gasteiger partial charge in [0.2, 0.25) is 0 Å². The van der Waals surface area contributed by atoms with Gasteiger partial charge in [-0.2, -0.15) is 0 Å². The van der Waals surface area contributed by atoms with Gasteiger partial charge in [-0.1, -0.05) is 12.1 Å². The van der Waals surface area contributed by atoms with Gasteiger partial charge in [-0.3, -0.25) is 0 Å². The van der Waals surface area contributed by atoms with E-state index in [1.54, 1.807) is 6.07 Å². The van der Waals surface area contributed by atoms with Crippen LogP contribution in [0.15, 0.2) is 23.7 Å². The molecule has 0 bridgehead atoms. The predicted molar refractivity (Wildman–Crippen MR) is 94.8 cm³/mol. The summed E-state index contributed by atoms with van der Waals surface area (Å²) in [6.07, 6.45) is 2.03. The van der Waals surface area contributed by atoms with E-state index in [1.807, 2.05) is 53.0 Å². The van der Waals surface area contributed by atoms with E-state index in [-0.39, 0.29) is 17.8 Å². The Morgan fingerprint density at radius 1 is 1.26 bits per heavy atom. The van der Waals surface area contributed by atoms with Crippen LogP contribution in [-0.2, 0) is 15.9 Å². The fourth-order valence-corrected chi connectivity index (χ4v) is 2.47. The van der Waals surface area contributed by atoms with E-state index < -0.39 is 7.12 Å². The van der Waals surface area contributed by atoms with Gasteiger partial charge in [0.05, 0.1) is 17.8 Å². The summed E-state index contributed by atoms with van der Waals surface area (Å²) in [5, 5.41) is 12.5. The van der Waals surface area contributed by atoms with Crippen molar-refractivity contribution in [3.05, 3.63) is 34.8 Å². The highest BCUT2D eigenvalue weighted by molar-refractivity contribution is 6.55. The van der Waals surface area contributed by atoms with E-state index in [0.29, 0.717) is 12.2 Å². The largest absolute Gasteiger partial charge is 0.491 e. The summed E-state index contributed by atoms with van der Waals surface area (Å²) in [6.45, 7) is 8.73. The molecule has 0 radical (unpaired) electrons. The highest BCUT2D eigenvalue weighted by Gasteiger charge is 2.52. The normalized spacial score (nSPS) is 20.1. The Morgan fingerprint density at radius 2 is 1.87 bits per heavy atom. The Hall–Kier alpha value is -1.34. The lowest BCUT2D eigenvalue weighted by atomic mass is 9.77. The van der Waals surface area contributed by atoms with Crippen LogP contribution in [0.2, 0.25) is 0 Å². The van der Waals surface area contributed by atoms with Crippen LogP contribution in [-0.4, -0.2) is 37.0 Å². The average Bonchev–Trinajstić information content (AvgIpc) is 2.69. The number of rotatable bonds is 5. The molecular weight excluding hydrogens is 291 g/mol. The van der Waals surface area contributed by atoms with Gasteiger partial charge in [0.1, 0.15) is 0 Å². The molecule has 1 aliphatic heterocycles. The van der Waals surface area contributed by atoms with E-state index in [1.165, 1.54) is 0 Å². The molecule has 6 heteroatoms. The number of benzene rings is 1. The first-order valence-corrected chi connectivity index (χ1v) is 7.90. The summed E-state index contributed by atoms with van der Waals surface area (Å²) in [6, 6.07) is 5.62. The Bertz CT molecular complexity index is 584. The van der Waals surface area contributed by atoms with Crippen LogP contribution in [0.1, 0.15) is 38.8 Å². The zero-order valence-corrected chi connectivity index (χ0v) is 14.6. The smallest absolute Gasteiger partial charge is 0.400 e. The summed E-state index contributed by atoms with van der Waals surface area (Å²) in [7, 11) is 1.49. The van der Waals surface area contributed by atoms with E-state index >= 15 is 0 Å². The number of hydrogen-bond acceptors (Lipinski definition) is 5. The first-order chi connectivity index (χ1) is 10.7. The third-order valence-corrected chi connectivity index (χ3v) is 4.63. The van der Waals surface area contributed by atoms with Crippen LogP contribution in [0.3, 0.4) is 0 Å². The fraction of sp³-hybridized carbons (Fsp3) is 0.529. The molecule has 0 unspecified atom stereocenters. The van der Waals surface area contributed by atoms with Gasteiger partial charge in [0.25, 0.3) is 0 Å². The highest BCUT2D eigenvalue weighted by Crippen LogP contribution is 2.38. The maximum Gasteiger partial charge on any atom is 0.491 e. The van der Waals surface area contributed by atoms with Gasteiger partial charge >= 0.3 is 7.12 Å². The summed E-state index contributed by atoms with van der Waals surface area (Å²) in [5.41, 5.74) is 8.37. The minimum atomic E-state index is -0.400. The van der Waals surface area contributed by atoms with E-state index in [4.69, 9.17) is 15.0 Å². The molecule has 1 aromatic carbocycles. The maximum atomic E-state index is 9.37. The average molecular weight is 318 g/mol. The summed E-state index contributed by atoms with van der Waals surface area (Å²) >= 11 is 0. The molecule has 1 saturated heterocycles. The molecule has 0 spiro atoms. The van der Waals surface area contributed by atoms with Gasteiger partial charge in [0, 0.05) is 17.8 Å². The van der Waals surface area contributed by atoms with Crippen LogP contribution in [0.4, 0.5) is 5.69 Å². The lowest BCUT2D eigenvalue weighted by molar-refractivity contribution is 0.00578. The van der Waals surface area contributed by atoms with Gasteiger partial charge in [-0.15, -0.1) is 0 Å². The molecule has 5 nitrogen and oxygen atoms in total. The number of nitrogens with one attached hydrogen (secondary N) is 1. The number of hydrogen-bond donors (Lipinski definition) is 3. The van der Waals surface area contributed by atoms with Gasteiger partial charge in [-0.25, -0.2) is 0 Å². The van der Waals surface area contributed by atoms with Crippen molar-refractivity contribution in [1.82, 2.24) is 5.32 Å². The van der Waals surface area contributed by atoms with Crippen molar-refractivity contribution in [3.63, 3.8) is 0 Å². The minimum absolute atomic E-state index is 0.0780. The van der Waals surface area contributed by atoms with E-state index in [2.05, 4.69) is 5.32 Å². The molecule has 1 fully saturated rings. The molecule has 1 heterocycles. The monoisotopic (exact) mass is 318 g/mol. The number of anilines is 1. The number of likely N-dealkylation sites (N-methyl/N-ethyl adjacent to an activating group) is 1. The third kappa shape index (κ3) is 3.78. The van der Waals surface area contributed by atoms with Gasteiger partial charge < -0.3 is 25.5 Å². The first-order valence-electron chi connectivity index (χ1n) is 7.90. The van der Waals surface area contributed by atoms with Crippen molar-refractivity contribution in [2.75, 3.05) is 19.3 Å². The molecule has 0 atom stereocenters. The Labute approximate surface area is 139 Å². The highest BCUT2D eigenvalue weighted by atomic mass is 16.7. The fourth-order valence-electron chi connectivity index (χ4n) is 2.47. The quantitative estimate of drug-likeness (QED) is 0.572. The van der Waals surface area contributed by atoms with E-state index in [0.717, 1.165) is 16.6 Å². The Kier molecular flexibility index (Phi) is 5.21. The van der Waals surface area contributed by atoms with Crippen LogP contribution in [0.5, 0.6) is 0 Å². The second-order valence-electron chi connectivity index (χ2n) is 6.95. The Morgan fingerprint density at radius 3 is 2.39 bits per heavy atom. The molecule has 0 saturated carbocycles. The van der Waals surface area contributed by atoms with Gasteiger partial charge in [0.15, 0.2) is 0 Å². The maximum absolute atomic E-state index is 9.37. The topological polar surface area (TPSA) is 76.7 Å². The van der Waals surface area contributed by atoms with Crippen molar-refractivity contribution in [3.8, 4) is 0 Å². The summed E-state index contributed by atoms with van der Waals surface area (Å²) < 4.78 is 12.3. The van der Waals surface area contributed by atoms with Crippen molar-refractivity contribution >= 4 is 18.9 Å². The number of nitrogen functional groups attached to an aromatic ring is 1. The number of nitrogens with two attached hydrogens (primary N) is 1. The predicted octanol–water partition coefficient (Wildman–Crippen LogP) is 2.00. The van der Waals surface area contributed by atoms with E-state index in [9.17, 15) is 5.11 Å². The summed E-state index contributed by atoms with van der Waals surface area (Å²) in [4.78, 5) is 0. The molecule has 2 rings (SSSR count). The van der Waals surface area contributed by atoms with Crippen molar-refractivity contribution in [2.24, 2.45) is 0 Å². The standard InChI is InChI=1S/C17H27BN2O3/c1-16(2)17(3,4)23-18(22-16)14(10-20-5)9-12-6-7-15(19)13(8-12)11-21/h6-9,20-21H,10-11,19H2,1-5H3. The summed E-state index contributed by atoms with van der Waals surface area (Å²) in [5.74, 6) is 0. The van der Waals surface area contributed by atoms with Crippen LogP contribution >= 0.6 is 0 Å².